The molecule has 0 saturated carbocycles. The predicted octanol–water partition coefficient (Wildman–Crippen LogP) is 4.65. The second kappa shape index (κ2) is 8.06. The molecule has 0 aliphatic heterocycles. The molecule has 0 radical (unpaired) electrons. The number of para-hydroxylation sites is 1. The van der Waals surface area contributed by atoms with Crippen molar-refractivity contribution in [1.29, 1.82) is 0 Å². The molecule has 0 spiro atoms. The van der Waals surface area contributed by atoms with Gasteiger partial charge in [0.05, 0.1) is 19.1 Å². The van der Waals surface area contributed by atoms with Crippen LogP contribution in [0.15, 0.2) is 48.5 Å². The number of methoxy groups -OCH3 is 1. The lowest BCUT2D eigenvalue weighted by molar-refractivity contribution is -0.120. The Morgan fingerprint density at radius 1 is 1.08 bits per heavy atom. The summed E-state index contributed by atoms with van der Waals surface area (Å²) in [6.07, 6.45) is 0. The largest absolute Gasteiger partial charge is 0.496 e. The predicted molar refractivity (Wildman–Crippen MR) is 101 cm³/mol. The minimum absolute atomic E-state index is 0.0900. The second-order valence-corrected chi connectivity index (χ2v) is 7.01. The molecule has 4 nitrogen and oxygen atoms in total. The Bertz CT molecular complexity index is 705. The zero-order valence-electron chi connectivity index (χ0n) is 15.6. The van der Waals surface area contributed by atoms with E-state index in [0.29, 0.717) is 18.3 Å². The molecule has 0 heterocycles. The Morgan fingerprint density at radius 3 is 2.32 bits per heavy atom. The van der Waals surface area contributed by atoms with Crippen LogP contribution < -0.4 is 14.8 Å². The van der Waals surface area contributed by atoms with E-state index in [1.165, 1.54) is 0 Å². The maximum absolute atomic E-state index is 12.8. The molecule has 1 amide bonds. The van der Waals surface area contributed by atoms with Crippen LogP contribution in [0.3, 0.4) is 0 Å². The molecule has 4 heteroatoms. The van der Waals surface area contributed by atoms with E-state index in [9.17, 15) is 4.79 Å². The number of hydrogen-bond donors (Lipinski definition) is 1. The molecule has 2 aromatic rings. The summed E-state index contributed by atoms with van der Waals surface area (Å²) in [4.78, 5) is 12.8. The Hall–Kier alpha value is -2.49. The molecular weight excluding hydrogens is 314 g/mol. The van der Waals surface area contributed by atoms with Gasteiger partial charge in [-0.2, -0.15) is 0 Å². The van der Waals surface area contributed by atoms with Crippen LogP contribution in [0.2, 0.25) is 0 Å². The normalized spacial score (nSPS) is 11.3. The standard InChI is InChI=1S/C21H27NO3/c1-15(2)14-25-17-12-10-16(11-13-17)22-20(23)21(3,4)18-8-6-7-9-19(18)24-5/h6-13,15H,14H2,1-5H3,(H,22,23). The van der Waals surface area contributed by atoms with Crippen LogP contribution >= 0.6 is 0 Å². The quantitative estimate of drug-likeness (QED) is 0.797. The summed E-state index contributed by atoms with van der Waals surface area (Å²) >= 11 is 0. The van der Waals surface area contributed by atoms with Crippen LogP contribution in [-0.4, -0.2) is 19.6 Å². The van der Waals surface area contributed by atoms with Crippen LogP contribution in [-0.2, 0) is 10.2 Å². The molecule has 0 unspecified atom stereocenters. The molecule has 0 saturated heterocycles. The van der Waals surface area contributed by atoms with Crippen molar-refractivity contribution in [2.75, 3.05) is 19.0 Å². The van der Waals surface area contributed by atoms with Gasteiger partial charge in [-0.15, -0.1) is 0 Å². The number of benzene rings is 2. The van der Waals surface area contributed by atoms with Crippen molar-refractivity contribution in [2.45, 2.75) is 33.1 Å². The fourth-order valence-electron chi connectivity index (χ4n) is 2.47. The van der Waals surface area contributed by atoms with Gasteiger partial charge >= 0.3 is 0 Å². The van der Waals surface area contributed by atoms with Gasteiger partial charge in [-0.05, 0) is 50.1 Å². The number of rotatable bonds is 7. The lowest BCUT2D eigenvalue weighted by Crippen LogP contribution is -2.35. The molecule has 0 bridgehead atoms. The molecule has 2 aromatic carbocycles. The van der Waals surface area contributed by atoms with Gasteiger partial charge in [-0.25, -0.2) is 0 Å². The zero-order valence-corrected chi connectivity index (χ0v) is 15.6. The first kappa shape index (κ1) is 18.8. The minimum atomic E-state index is -0.723. The number of nitrogens with one attached hydrogen (secondary N) is 1. The smallest absolute Gasteiger partial charge is 0.234 e. The van der Waals surface area contributed by atoms with Crippen molar-refractivity contribution >= 4 is 11.6 Å². The van der Waals surface area contributed by atoms with E-state index in [1.807, 2.05) is 62.4 Å². The minimum Gasteiger partial charge on any atom is -0.496 e. The Kier molecular flexibility index (Phi) is 6.07. The summed E-state index contributed by atoms with van der Waals surface area (Å²) in [6.45, 7) is 8.66. The van der Waals surface area contributed by atoms with E-state index in [1.54, 1.807) is 7.11 Å². The number of ether oxygens (including phenoxy) is 2. The van der Waals surface area contributed by atoms with Crippen LogP contribution in [0.1, 0.15) is 33.3 Å². The van der Waals surface area contributed by atoms with Gasteiger partial charge in [-0.1, -0.05) is 32.0 Å². The topological polar surface area (TPSA) is 47.6 Å². The van der Waals surface area contributed by atoms with E-state index in [0.717, 1.165) is 17.0 Å². The molecule has 1 N–H and O–H groups in total. The van der Waals surface area contributed by atoms with E-state index in [4.69, 9.17) is 9.47 Å². The van der Waals surface area contributed by atoms with Crippen LogP contribution in [0.5, 0.6) is 11.5 Å². The van der Waals surface area contributed by atoms with E-state index in [-0.39, 0.29) is 5.91 Å². The summed E-state index contributed by atoms with van der Waals surface area (Å²) in [5.74, 6) is 1.89. The summed E-state index contributed by atoms with van der Waals surface area (Å²) in [5.41, 5.74) is 0.871. The maximum Gasteiger partial charge on any atom is 0.234 e. The van der Waals surface area contributed by atoms with Gasteiger partial charge in [0.15, 0.2) is 0 Å². The SMILES string of the molecule is COc1ccccc1C(C)(C)C(=O)Nc1ccc(OCC(C)C)cc1. The summed E-state index contributed by atoms with van der Waals surface area (Å²) in [6, 6.07) is 15.0. The van der Waals surface area contributed by atoms with Gasteiger partial charge in [0.1, 0.15) is 11.5 Å². The lowest BCUT2D eigenvalue weighted by atomic mass is 9.83. The third-order valence-corrected chi connectivity index (χ3v) is 4.04. The van der Waals surface area contributed by atoms with Crippen molar-refractivity contribution in [2.24, 2.45) is 5.92 Å². The van der Waals surface area contributed by atoms with Gasteiger partial charge in [0.2, 0.25) is 5.91 Å². The van der Waals surface area contributed by atoms with Gasteiger partial charge in [0.25, 0.3) is 0 Å². The molecule has 134 valence electrons. The van der Waals surface area contributed by atoms with Crippen molar-refractivity contribution < 1.29 is 14.3 Å². The average Bonchev–Trinajstić information content (AvgIpc) is 2.60. The average molecular weight is 341 g/mol. The lowest BCUT2D eigenvalue weighted by Gasteiger charge is -2.26. The molecule has 0 aliphatic carbocycles. The monoisotopic (exact) mass is 341 g/mol. The highest BCUT2D eigenvalue weighted by atomic mass is 16.5. The fraction of sp³-hybridized carbons (Fsp3) is 0.381. The van der Waals surface area contributed by atoms with Crippen LogP contribution in [0, 0.1) is 5.92 Å². The number of carbonyl (C=O) groups is 1. The number of anilines is 1. The first-order chi connectivity index (χ1) is 11.8. The first-order valence-electron chi connectivity index (χ1n) is 8.52. The first-order valence-corrected chi connectivity index (χ1v) is 8.52. The van der Waals surface area contributed by atoms with Crippen LogP contribution in [0.25, 0.3) is 0 Å². The van der Waals surface area contributed by atoms with Crippen molar-refractivity contribution in [3.63, 3.8) is 0 Å². The molecule has 0 atom stereocenters. The highest BCUT2D eigenvalue weighted by Crippen LogP contribution is 2.32. The molecule has 0 aliphatic rings. The molecule has 25 heavy (non-hydrogen) atoms. The highest BCUT2D eigenvalue weighted by molar-refractivity contribution is 5.99. The van der Waals surface area contributed by atoms with Crippen molar-refractivity contribution in [1.82, 2.24) is 0 Å². The number of amides is 1. The fourth-order valence-corrected chi connectivity index (χ4v) is 2.47. The third kappa shape index (κ3) is 4.75. The number of carbonyl (C=O) groups excluding carboxylic acids is 1. The molecule has 0 fully saturated rings. The van der Waals surface area contributed by atoms with E-state index >= 15 is 0 Å². The van der Waals surface area contributed by atoms with Crippen molar-refractivity contribution in [3.8, 4) is 11.5 Å². The maximum atomic E-state index is 12.8. The van der Waals surface area contributed by atoms with Gasteiger partial charge < -0.3 is 14.8 Å². The summed E-state index contributed by atoms with van der Waals surface area (Å²) < 4.78 is 11.1. The highest BCUT2D eigenvalue weighted by Gasteiger charge is 2.32. The Labute approximate surface area is 150 Å². The van der Waals surface area contributed by atoms with Gasteiger partial charge in [-0.3, -0.25) is 4.79 Å². The van der Waals surface area contributed by atoms with Gasteiger partial charge in [0, 0.05) is 11.3 Å². The number of hydrogen-bond acceptors (Lipinski definition) is 3. The van der Waals surface area contributed by atoms with E-state index < -0.39 is 5.41 Å². The third-order valence-electron chi connectivity index (χ3n) is 4.04. The summed E-state index contributed by atoms with van der Waals surface area (Å²) in [7, 11) is 1.61. The Balaban J connectivity index is 2.10. The van der Waals surface area contributed by atoms with Crippen molar-refractivity contribution in [3.05, 3.63) is 54.1 Å². The molecule has 0 aromatic heterocycles. The van der Waals surface area contributed by atoms with E-state index in [2.05, 4.69) is 19.2 Å². The Morgan fingerprint density at radius 2 is 1.72 bits per heavy atom. The molecular formula is C21H27NO3. The second-order valence-electron chi connectivity index (χ2n) is 7.01. The molecule has 2 rings (SSSR count). The summed E-state index contributed by atoms with van der Waals surface area (Å²) in [5, 5.41) is 2.97. The van der Waals surface area contributed by atoms with Crippen LogP contribution in [0.4, 0.5) is 5.69 Å². The zero-order chi connectivity index (χ0) is 18.4.